The third-order valence-corrected chi connectivity index (χ3v) is 4.75. The van der Waals surface area contributed by atoms with Crippen molar-refractivity contribution in [2.45, 2.75) is 26.8 Å². The Balaban J connectivity index is 1.44. The van der Waals surface area contributed by atoms with E-state index in [2.05, 4.69) is 38.4 Å². The van der Waals surface area contributed by atoms with Gasteiger partial charge in [-0.1, -0.05) is 11.3 Å². The van der Waals surface area contributed by atoms with Crippen molar-refractivity contribution in [3.05, 3.63) is 28.9 Å². The third kappa shape index (κ3) is 4.62. The number of hydrogen-bond donors (Lipinski definition) is 1. The quantitative estimate of drug-likeness (QED) is 0.840. The Hall–Kier alpha value is -1.73. The van der Waals surface area contributed by atoms with E-state index in [9.17, 15) is 0 Å². The molecule has 0 amide bonds. The number of hydrogen-bond acceptors (Lipinski definition) is 7. The Kier molecular flexibility index (Phi) is 5.40. The first-order valence-electron chi connectivity index (χ1n) is 8.07. The molecule has 0 spiro atoms. The summed E-state index contributed by atoms with van der Waals surface area (Å²) in [4.78, 5) is 6.79. The monoisotopic (exact) mass is 333 g/mol. The Morgan fingerprint density at radius 1 is 1.43 bits per heavy atom. The van der Waals surface area contributed by atoms with Gasteiger partial charge in [-0.2, -0.15) is 0 Å². The number of aromatic nitrogens is 3. The Morgan fingerprint density at radius 2 is 2.35 bits per heavy atom. The van der Waals surface area contributed by atoms with Gasteiger partial charge in [-0.25, -0.2) is 4.98 Å². The lowest BCUT2D eigenvalue weighted by Crippen LogP contribution is -2.22. The first-order chi connectivity index (χ1) is 11.2. The van der Waals surface area contributed by atoms with Crippen molar-refractivity contribution in [1.29, 1.82) is 0 Å². The van der Waals surface area contributed by atoms with Crippen LogP contribution < -0.4 is 10.1 Å². The zero-order valence-electron chi connectivity index (χ0n) is 13.7. The van der Waals surface area contributed by atoms with Gasteiger partial charge in [-0.3, -0.25) is 4.90 Å². The van der Waals surface area contributed by atoms with E-state index < -0.39 is 0 Å². The average molecular weight is 333 g/mol. The van der Waals surface area contributed by atoms with Gasteiger partial charge in [0, 0.05) is 19.3 Å². The van der Waals surface area contributed by atoms with Gasteiger partial charge in [-0.15, -0.1) is 10.2 Å². The van der Waals surface area contributed by atoms with E-state index in [1.54, 1.807) is 11.3 Å². The minimum atomic E-state index is 0.638. The second-order valence-electron chi connectivity index (χ2n) is 5.88. The highest BCUT2D eigenvalue weighted by Gasteiger charge is 2.23. The summed E-state index contributed by atoms with van der Waals surface area (Å²) in [5.74, 6) is 1.62. The molecule has 1 aliphatic heterocycles. The lowest BCUT2D eigenvalue weighted by atomic mass is 10.1. The van der Waals surface area contributed by atoms with Crippen LogP contribution in [-0.4, -0.2) is 46.3 Å². The molecule has 7 heteroatoms. The number of anilines is 1. The Morgan fingerprint density at radius 3 is 3.17 bits per heavy atom. The van der Waals surface area contributed by atoms with E-state index in [1.165, 1.54) is 12.0 Å². The number of aryl methyl sites for hydroxylation is 1. The van der Waals surface area contributed by atoms with E-state index >= 15 is 0 Å². The highest BCUT2D eigenvalue weighted by Crippen LogP contribution is 2.23. The van der Waals surface area contributed by atoms with E-state index in [4.69, 9.17) is 4.74 Å². The lowest BCUT2D eigenvalue weighted by molar-refractivity contribution is 0.317. The summed E-state index contributed by atoms with van der Waals surface area (Å²) in [6.45, 7) is 8.71. The van der Waals surface area contributed by atoms with Gasteiger partial charge in [0.05, 0.1) is 13.2 Å². The summed E-state index contributed by atoms with van der Waals surface area (Å²) in [7, 11) is 0. The van der Waals surface area contributed by atoms with E-state index in [0.717, 1.165) is 37.0 Å². The molecular weight excluding hydrogens is 310 g/mol. The molecule has 1 fully saturated rings. The standard InChI is InChI=1S/C16H23N5OS/c1-3-22-16-20-19-15(23-16)11-21-7-5-13(10-21)9-18-14-8-12(2)4-6-17-14/h4,6,8,13H,3,5,7,9-11H2,1-2H3,(H,17,18)/t13-/m0/s1. The fourth-order valence-corrected chi connectivity index (χ4v) is 3.57. The van der Waals surface area contributed by atoms with Gasteiger partial charge in [-0.05, 0) is 50.4 Å². The summed E-state index contributed by atoms with van der Waals surface area (Å²) in [5.41, 5.74) is 1.23. The van der Waals surface area contributed by atoms with Crippen molar-refractivity contribution in [3.8, 4) is 5.19 Å². The van der Waals surface area contributed by atoms with Gasteiger partial charge in [0.2, 0.25) is 0 Å². The molecule has 0 aliphatic carbocycles. The summed E-state index contributed by atoms with van der Waals surface area (Å²) < 4.78 is 5.38. The number of likely N-dealkylation sites (tertiary alicyclic amines) is 1. The molecule has 0 saturated carbocycles. The molecule has 1 aliphatic rings. The molecule has 3 rings (SSSR count). The van der Waals surface area contributed by atoms with Crippen molar-refractivity contribution in [3.63, 3.8) is 0 Å². The van der Waals surface area contributed by atoms with Crippen molar-refractivity contribution in [2.24, 2.45) is 5.92 Å². The maximum Gasteiger partial charge on any atom is 0.294 e. The lowest BCUT2D eigenvalue weighted by Gasteiger charge is -2.15. The molecule has 23 heavy (non-hydrogen) atoms. The molecule has 3 heterocycles. The minimum Gasteiger partial charge on any atom is -0.469 e. The highest BCUT2D eigenvalue weighted by molar-refractivity contribution is 7.13. The van der Waals surface area contributed by atoms with Crippen LogP contribution in [0, 0.1) is 12.8 Å². The summed E-state index contributed by atoms with van der Waals surface area (Å²) in [6.07, 6.45) is 3.06. The molecule has 1 N–H and O–H groups in total. The van der Waals surface area contributed by atoms with Crippen LogP contribution in [0.2, 0.25) is 0 Å². The normalized spacial score (nSPS) is 18.3. The first-order valence-corrected chi connectivity index (χ1v) is 8.88. The maximum atomic E-state index is 5.38. The number of nitrogens with one attached hydrogen (secondary N) is 1. The second-order valence-corrected chi connectivity index (χ2v) is 6.91. The van der Waals surface area contributed by atoms with Gasteiger partial charge < -0.3 is 10.1 Å². The molecule has 0 aromatic carbocycles. The molecule has 0 bridgehead atoms. The van der Waals surface area contributed by atoms with Crippen LogP contribution in [0.1, 0.15) is 23.9 Å². The van der Waals surface area contributed by atoms with Crippen molar-refractivity contribution in [1.82, 2.24) is 20.1 Å². The van der Waals surface area contributed by atoms with E-state index in [0.29, 0.717) is 17.7 Å². The average Bonchev–Trinajstić information content (AvgIpc) is 3.16. The molecule has 0 unspecified atom stereocenters. The van der Waals surface area contributed by atoms with Crippen molar-refractivity contribution >= 4 is 17.2 Å². The van der Waals surface area contributed by atoms with Crippen LogP contribution in [0.5, 0.6) is 5.19 Å². The molecule has 124 valence electrons. The zero-order valence-corrected chi connectivity index (χ0v) is 14.5. The molecule has 2 aromatic rings. The van der Waals surface area contributed by atoms with Gasteiger partial charge in [0.25, 0.3) is 5.19 Å². The van der Waals surface area contributed by atoms with E-state index in [1.807, 2.05) is 19.2 Å². The molecule has 1 saturated heterocycles. The van der Waals surface area contributed by atoms with Crippen LogP contribution in [0.4, 0.5) is 5.82 Å². The Labute approximate surface area is 140 Å². The number of pyridine rings is 1. The van der Waals surface area contributed by atoms with Crippen LogP contribution in [0.15, 0.2) is 18.3 Å². The first kappa shape index (κ1) is 16.1. The summed E-state index contributed by atoms with van der Waals surface area (Å²) >= 11 is 1.55. The SMILES string of the molecule is CCOc1nnc(CN2CC[C@@H](CNc3cc(C)ccn3)C2)s1. The van der Waals surface area contributed by atoms with Gasteiger partial charge in [0.15, 0.2) is 0 Å². The predicted octanol–water partition coefficient (Wildman–Crippen LogP) is 2.57. The van der Waals surface area contributed by atoms with Crippen molar-refractivity contribution in [2.75, 3.05) is 31.6 Å². The van der Waals surface area contributed by atoms with E-state index in [-0.39, 0.29) is 0 Å². The summed E-state index contributed by atoms with van der Waals surface area (Å²) in [6, 6.07) is 4.10. The van der Waals surface area contributed by atoms with Gasteiger partial charge >= 0.3 is 0 Å². The van der Waals surface area contributed by atoms with Crippen LogP contribution in [0.3, 0.4) is 0 Å². The van der Waals surface area contributed by atoms with Gasteiger partial charge in [0.1, 0.15) is 10.8 Å². The Bertz CT molecular complexity index is 632. The predicted molar refractivity (Wildman–Crippen MR) is 91.9 cm³/mol. The highest BCUT2D eigenvalue weighted by atomic mass is 32.1. The number of rotatable bonds is 7. The molecular formula is C16H23N5OS. The minimum absolute atomic E-state index is 0.638. The van der Waals surface area contributed by atoms with Crippen LogP contribution >= 0.6 is 11.3 Å². The third-order valence-electron chi connectivity index (χ3n) is 3.93. The second kappa shape index (κ2) is 7.70. The maximum absolute atomic E-state index is 5.38. The molecule has 0 radical (unpaired) electrons. The smallest absolute Gasteiger partial charge is 0.294 e. The molecule has 6 nitrogen and oxygen atoms in total. The molecule has 2 aromatic heterocycles. The van der Waals surface area contributed by atoms with Crippen molar-refractivity contribution < 1.29 is 4.74 Å². The summed E-state index contributed by atoms with van der Waals surface area (Å²) in [5, 5.41) is 13.4. The number of ether oxygens (including phenoxy) is 1. The topological polar surface area (TPSA) is 63.2 Å². The largest absolute Gasteiger partial charge is 0.469 e. The van der Waals surface area contributed by atoms with Crippen LogP contribution in [-0.2, 0) is 6.54 Å². The fraction of sp³-hybridized carbons (Fsp3) is 0.562. The molecule has 1 atom stereocenters. The zero-order chi connectivity index (χ0) is 16.1. The van der Waals surface area contributed by atoms with Crippen LogP contribution in [0.25, 0.3) is 0 Å². The number of nitrogens with zero attached hydrogens (tertiary/aromatic N) is 4. The fourth-order valence-electron chi connectivity index (χ4n) is 2.78.